The number of unbranched alkanes of at least 4 members (excludes halogenated alkanes) is 1. The van der Waals surface area contributed by atoms with Gasteiger partial charge in [0.25, 0.3) is 0 Å². The maximum atomic E-state index is 12.3. The molecule has 0 aromatic heterocycles. The highest BCUT2D eigenvalue weighted by Gasteiger charge is 2.47. The molecule has 4 nitrogen and oxygen atoms in total. The van der Waals surface area contributed by atoms with Gasteiger partial charge < -0.3 is 9.47 Å². The van der Waals surface area contributed by atoms with Crippen LogP contribution in [0.15, 0.2) is 25.3 Å². The average Bonchev–Trinajstić information content (AvgIpc) is 2.43. The molecule has 0 aromatic carbocycles. The predicted molar refractivity (Wildman–Crippen MR) is 79.2 cm³/mol. The molecule has 20 heavy (non-hydrogen) atoms. The number of rotatable bonds is 11. The van der Waals surface area contributed by atoms with Crippen molar-refractivity contribution in [2.75, 3.05) is 13.2 Å². The van der Waals surface area contributed by atoms with Crippen LogP contribution in [0.1, 0.15) is 46.0 Å². The molecule has 4 heteroatoms. The third kappa shape index (κ3) is 5.19. The van der Waals surface area contributed by atoms with Gasteiger partial charge >= 0.3 is 11.9 Å². The van der Waals surface area contributed by atoms with E-state index in [4.69, 9.17) is 9.47 Å². The molecule has 0 aliphatic heterocycles. The van der Waals surface area contributed by atoms with E-state index in [2.05, 4.69) is 13.2 Å². The third-order valence-electron chi connectivity index (χ3n) is 3.12. The maximum Gasteiger partial charge on any atom is 0.323 e. The summed E-state index contributed by atoms with van der Waals surface area (Å²) < 4.78 is 10.2. The standard InChI is InChI=1S/C16H26O4/c1-5-9-11-13-16(12-10-6-2,14(17)19-7-3)15(18)20-8-4/h5-6H,1-2,7-13H2,3-4H3. The lowest BCUT2D eigenvalue weighted by Gasteiger charge is -2.28. The van der Waals surface area contributed by atoms with E-state index in [0.29, 0.717) is 25.7 Å². The molecular weight excluding hydrogens is 256 g/mol. The van der Waals surface area contributed by atoms with Crippen LogP contribution >= 0.6 is 0 Å². The number of allylic oxidation sites excluding steroid dienone is 2. The quantitative estimate of drug-likeness (QED) is 0.252. The molecule has 0 bridgehead atoms. The number of hydrogen-bond donors (Lipinski definition) is 0. The van der Waals surface area contributed by atoms with E-state index >= 15 is 0 Å². The summed E-state index contributed by atoms with van der Waals surface area (Å²) in [5.74, 6) is -0.992. The van der Waals surface area contributed by atoms with Crippen molar-refractivity contribution in [3.05, 3.63) is 25.3 Å². The molecule has 0 atom stereocenters. The zero-order chi connectivity index (χ0) is 15.4. The van der Waals surface area contributed by atoms with Crippen LogP contribution in [-0.2, 0) is 19.1 Å². The molecule has 0 saturated heterocycles. The zero-order valence-electron chi connectivity index (χ0n) is 12.7. The van der Waals surface area contributed by atoms with Gasteiger partial charge in [0, 0.05) is 0 Å². The van der Waals surface area contributed by atoms with Crippen molar-refractivity contribution in [2.45, 2.75) is 46.0 Å². The Morgan fingerprint density at radius 2 is 1.45 bits per heavy atom. The molecule has 0 spiro atoms. The van der Waals surface area contributed by atoms with E-state index in [-0.39, 0.29) is 13.2 Å². The Balaban J connectivity index is 5.24. The van der Waals surface area contributed by atoms with Crippen LogP contribution in [0.5, 0.6) is 0 Å². The second-order valence-corrected chi connectivity index (χ2v) is 4.53. The van der Waals surface area contributed by atoms with E-state index in [1.807, 2.05) is 0 Å². The monoisotopic (exact) mass is 282 g/mol. The van der Waals surface area contributed by atoms with Crippen molar-refractivity contribution in [1.82, 2.24) is 0 Å². The van der Waals surface area contributed by atoms with E-state index in [9.17, 15) is 9.59 Å². The number of hydrogen-bond acceptors (Lipinski definition) is 4. The summed E-state index contributed by atoms with van der Waals surface area (Å²) in [6.45, 7) is 11.3. The van der Waals surface area contributed by atoms with Crippen LogP contribution in [0.3, 0.4) is 0 Å². The SMILES string of the molecule is C=CCCCC(CCC=C)(C(=O)OCC)C(=O)OCC. The van der Waals surface area contributed by atoms with Crippen molar-refractivity contribution in [2.24, 2.45) is 5.41 Å². The van der Waals surface area contributed by atoms with Gasteiger partial charge in [0.1, 0.15) is 0 Å². The van der Waals surface area contributed by atoms with Gasteiger partial charge in [-0.3, -0.25) is 9.59 Å². The normalized spacial score (nSPS) is 10.7. The van der Waals surface area contributed by atoms with Crippen molar-refractivity contribution in [3.8, 4) is 0 Å². The van der Waals surface area contributed by atoms with E-state index in [1.54, 1.807) is 26.0 Å². The molecule has 0 heterocycles. The Kier molecular flexibility index (Phi) is 9.43. The minimum Gasteiger partial charge on any atom is -0.465 e. The van der Waals surface area contributed by atoms with Crippen LogP contribution < -0.4 is 0 Å². The fraction of sp³-hybridized carbons (Fsp3) is 0.625. The lowest BCUT2D eigenvalue weighted by molar-refractivity contribution is -0.173. The molecule has 0 N–H and O–H groups in total. The summed E-state index contributed by atoms with van der Waals surface area (Å²) in [7, 11) is 0. The Morgan fingerprint density at radius 3 is 1.85 bits per heavy atom. The Bertz CT molecular complexity index is 315. The second kappa shape index (κ2) is 10.2. The Labute approximate surface area is 121 Å². The lowest BCUT2D eigenvalue weighted by atomic mass is 9.78. The molecule has 0 aliphatic rings. The van der Waals surface area contributed by atoms with Crippen LogP contribution in [-0.4, -0.2) is 25.2 Å². The molecule has 0 amide bonds. The van der Waals surface area contributed by atoms with E-state index < -0.39 is 17.4 Å². The fourth-order valence-electron chi connectivity index (χ4n) is 2.05. The maximum absolute atomic E-state index is 12.3. The second-order valence-electron chi connectivity index (χ2n) is 4.53. The third-order valence-corrected chi connectivity index (χ3v) is 3.12. The van der Waals surface area contributed by atoms with Crippen molar-refractivity contribution in [3.63, 3.8) is 0 Å². The van der Waals surface area contributed by atoms with Gasteiger partial charge in [-0.25, -0.2) is 0 Å². The largest absolute Gasteiger partial charge is 0.465 e. The van der Waals surface area contributed by atoms with Gasteiger partial charge in [-0.1, -0.05) is 12.2 Å². The van der Waals surface area contributed by atoms with Gasteiger partial charge in [-0.15, -0.1) is 13.2 Å². The number of carbonyl (C=O) groups excluding carboxylic acids is 2. The summed E-state index contributed by atoms with van der Waals surface area (Å²) in [6.07, 6.45) is 6.24. The molecule has 0 aliphatic carbocycles. The van der Waals surface area contributed by atoms with Gasteiger partial charge in [-0.2, -0.15) is 0 Å². The summed E-state index contributed by atoms with van der Waals surface area (Å²) in [4.78, 5) is 24.6. The van der Waals surface area contributed by atoms with E-state index in [0.717, 1.165) is 6.42 Å². The average molecular weight is 282 g/mol. The first-order valence-electron chi connectivity index (χ1n) is 7.15. The van der Waals surface area contributed by atoms with Gasteiger partial charge in [0.2, 0.25) is 0 Å². The first kappa shape index (κ1) is 18.4. The fourth-order valence-corrected chi connectivity index (χ4v) is 2.05. The molecule has 0 rings (SSSR count). The van der Waals surface area contributed by atoms with Gasteiger partial charge in [0.05, 0.1) is 13.2 Å². The highest BCUT2D eigenvalue weighted by atomic mass is 16.6. The Morgan fingerprint density at radius 1 is 0.950 bits per heavy atom. The van der Waals surface area contributed by atoms with Crippen LogP contribution in [0, 0.1) is 5.41 Å². The van der Waals surface area contributed by atoms with Crippen LogP contribution in [0.25, 0.3) is 0 Å². The summed E-state index contributed by atoms with van der Waals surface area (Å²) in [5, 5.41) is 0. The highest BCUT2D eigenvalue weighted by molar-refractivity contribution is 6.00. The van der Waals surface area contributed by atoms with Gasteiger partial charge in [0.15, 0.2) is 5.41 Å². The lowest BCUT2D eigenvalue weighted by Crippen LogP contribution is -2.42. The number of ether oxygens (including phenoxy) is 2. The van der Waals surface area contributed by atoms with Crippen LogP contribution in [0.4, 0.5) is 0 Å². The summed E-state index contributed by atoms with van der Waals surface area (Å²) in [5.41, 5.74) is -1.22. The number of esters is 2. The molecule has 0 unspecified atom stereocenters. The Hall–Kier alpha value is -1.58. The molecule has 0 aromatic rings. The zero-order valence-corrected chi connectivity index (χ0v) is 12.7. The smallest absolute Gasteiger partial charge is 0.323 e. The minimum atomic E-state index is -1.22. The minimum absolute atomic E-state index is 0.246. The first-order chi connectivity index (χ1) is 9.58. The summed E-state index contributed by atoms with van der Waals surface area (Å²) in [6, 6.07) is 0. The topological polar surface area (TPSA) is 52.6 Å². The number of carbonyl (C=O) groups is 2. The molecule has 0 saturated carbocycles. The first-order valence-corrected chi connectivity index (χ1v) is 7.15. The van der Waals surface area contributed by atoms with Crippen LogP contribution in [0.2, 0.25) is 0 Å². The van der Waals surface area contributed by atoms with Crippen molar-refractivity contribution in [1.29, 1.82) is 0 Å². The highest BCUT2D eigenvalue weighted by Crippen LogP contribution is 2.34. The van der Waals surface area contributed by atoms with Crippen molar-refractivity contribution < 1.29 is 19.1 Å². The van der Waals surface area contributed by atoms with Gasteiger partial charge in [-0.05, 0) is 46.0 Å². The summed E-state index contributed by atoms with van der Waals surface area (Å²) >= 11 is 0. The molecule has 0 radical (unpaired) electrons. The van der Waals surface area contributed by atoms with E-state index in [1.165, 1.54) is 0 Å². The molecular formula is C16H26O4. The molecule has 114 valence electrons. The van der Waals surface area contributed by atoms with Crippen molar-refractivity contribution >= 4 is 11.9 Å². The molecule has 0 fully saturated rings. The predicted octanol–water partition coefficient (Wildman–Crippen LogP) is 3.42.